The van der Waals surface area contributed by atoms with E-state index in [1.807, 2.05) is 24.3 Å². The number of ether oxygens (including phenoxy) is 1. The molecule has 3 heteroatoms. The van der Waals surface area contributed by atoms with Crippen LogP contribution in [-0.2, 0) is 0 Å². The lowest BCUT2D eigenvalue weighted by atomic mass is 10.0. The molecule has 0 aromatic heterocycles. The normalized spacial score (nSPS) is 19.5. The van der Waals surface area contributed by atoms with Gasteiger partial charge < -0.3 is 4.74 Å². The summed E-state index contributed by atoms with van der Waals surface area (Å²) in [6, 6.07) is 8.02. The minimum atomic E-state index is 0.348. The first-order valence-electron chi connectivity index (χ1n) is 6.21. The van der Waals surface area contributed by atoms with Crippen LogP contribution in [0.5, 0.6) is 5.75 Å². The monoisotopic (exact) mass is 297 g/mol. The van der Waals surface area contributed by atoms with Crippen LogP contribution in [-0.4, -0.2) is 30.1 Å². The average Bonchev–Trinajstić information content (AvgIpc) is 2.58. The molecule has 2 nitrogen and oxygen atoms in total. The molecule has 0 N–H and O–H groups in total. The summed E-state index contributed by atoms with van der Waals surface area (Å²) in [7, 11) is 0. The highest BCUT2D eigenvalue weighted by Crippen LogP contribution is 2.27. The smallest absolute Gasteiger partial charge is 0.120 e. The van der Waals surface area contributed by atoms with Gasteiger partial charge in [-0.2, -0.15) is 0 Å². The zero-order chi connectivity index (χ0) is 12.3. The molecule has 0 aliphatic carbocycles. The summed E-state index contributed by atoms with van der Waals surface area (Å²) >= 11 is 3.45. The Bertz CT molecular complexity index is 378. The van der Waals surface area contributed by atoms with E-state index in [9.17, 15) is 0 Å². The second-order valence-corrected chi connectivity index (χ2v) is 6.12. The Balaban J connectivity index is 1.80. The molecule has 0 spiro atoms. The van der Waals surface area contributed by atoms with Crippen molar-refractivity contribution in [2.75, 3.05) is 19.7 Å². The van der Waals surface area contributed by atoms with Crippen LogP contribution in [0.25, 0.3) is 0 Å². The Morgan fingerprint density at radius 2 is 2.24 bits per heavy atom. The van der Waals surface area contributed by atoms with Gasteiger partial charge in [0.05, 0.1) is 0 Å². The summed E-state index contributed by atoms with van der Waals surface area (Å²) in [6.07, 6.45) is 2.60. The Kier molecular flexibility index (Phi) is 4.10. The van der Waals surface area contributed by atoms with Crippen LogP contribution in [0.15, 0.2) is 28.7 Å². The Labute approximate surface area is 112 Å². The van der Waals surface area contributed by atoms with Crippen molar-refractivity contribution >= 4 is 15.9 Å². The number of nitrogens with zero attached hydrogens (tertiary/aromatic N) is 1. The van der Waals surface area contributed by atoms with Gasteiger partial charge in [0.25, 0.3) is 0 Å². The predicted molar refractivity (Wildman–Crippen MR) is 74.5 cm³/mol. The molecule has 0 unspecified atom stereocenters. The molecule has 1 saturated heterocycles. The third kappa shape index (κ3) is 3.46. The van der Waals surface area contributed by atoms with Crippen molar-refractivity contribution in [3.8, 4) is 5.75 Å². The standard InChI is InChI=1S/C14H20BrNO/c1-14(2)7-4-8-16(14)9-10-17-13-6-3-5-12(15)11-13/h3,5-6,11H,4,7-10H2,1-2H3. The maximum absolute atomic E-state index is 5.77. The van der Waals surface area contributed by atoms with Crippen LogP contribution in [0.1, 0.15) is 26.7 Å². The van der Waals surface area contributed by atoms with E-state index in [4.69, 9.17) is 4.74 Å². The highest BCUT2D eigenvalue weighted by Gasteiger charge is 2.31. The molecule has 1 aliphatic heterocycles. The van der Waals surface area contributed by atoms with Crippen molar-refractivity contribution in [3.63, 3.8) is 0 Å². The SMILES string of the molecule is CC1(C)CCCN1CCOc1cccc(Br)c1. The van der Waals surface area contributed by atoms with Crippen LogP contribution in [0, 0.1) is 0 Å². The second kappa shape index (κ2) is 5.40. The van der Waals surface area contributed by atoms with Crippen LogP contribution in [0.2, 0.25) is 0 Å². The summed E-state index contributed by atoms with van der Waals surface area (Å²) in [5.41, 5.74) is 0.348. The highest BCUT2D eigenvalue weighted by molar-refractivity contribution is 9.10. The van der Waals surface area contributed by atoms with Crippen molar-refractivity contribution in [2.45, 2.75) is 32.2 Å². The molecule has 17 heavy (non-hydrogen) atoms. The number of hydrogen-bond donors (Lipinski definition) is 0. The van der Waals surface area contributed by atoms with E-state index in [0.717, 1.165) is 23.4 Å². The van der Waals surface area contributed by atoms with E-state index in [0.29, 0.717) is 5.54 Å². The largest absolute Gasteiger partial charge is 0.492 e. The first-order chi connectivity index (χ1) is 8.08. The van der Waals surface area contributed by atoms with E-state index in [2.05, 4.69) is 34.7 Å². The summed E-state index contributed by atoms with van der Waals surface area (Å²) in [5, 5.41) is 0. The van der Waals surface area contributed by atoms with E-state index in [-0.39, 0.29) is 0 Å². The van der Waals surface area contributed by atoms with Crippen LogP contribution >= 0.6 is 15.9 Å². The van der Waals surface area contributed by atoms with E-state index in [1.54, 1.807) is 0 Å². The van der Waals surface area contributed by atoms with Gasteiger partial charge in [0, 0.05) is 16.6 Å². The zero-order valence-corrected chi connectivity index (χ0v) is 12.2. The van der Waals surface area contributed by atoms with Crippen molar-refractivity contribution in [3.05, 3.63) is 28.7 Å². The highest BCUT2D eigenvalue weighted by atomic mass is 79.9. The maximum atomic E-state index is 5.77. The molecule has 1 aromatic carbocycles. The molecule has 94 valence electrons. The summed E-state index contributed by atoms with van der Waals surface area (Å²) in [6.45, 7) is 7.62. The van der Waals surface area contributed by atoms with Crippen LogP contribution < -0.4 is 4.74 Å². The van der Waals surface area contributed by atoms with Crippen molar-refractivity contribution in [1.82, 2.24) is 4.90 Å². The average molecular weight is 298 g/mol. The first kappa shape index (κ1) is 12.9. The van der Waals surface area contributed by atoms with Gasteiger partial charge in [-0.1, -0.05) is 22.0 Å². The van der Waals surface area contributed by atoms with Gasteiger partial charge in [0.2, 0.25) is 0 Å². The van der Waals surface area contributed by atoms with Crippen molar-refractivity contribution in [2.24, 2.45) is 0 Å². The van der Waals surface area contributed by atoms with Gasteiger partial charge in [0.15, 0.2) is 0 Å². The molecule has 0 atom stereocenters. The number of benzene rings is 1. The summed E-state index contributed by atoms with van der Waals surface area (Å²) < 4.78 is 6.84. The van der Waals surface area contributed by atoms with Gasteiger partial charge in [-0.05, 0) is 51.4 Å². The minimum Gasteiger partial charge on any atom is -0.492 e. The molecule has 2 rings (SSSR count). The van der Waals surface area contributed by atoms with Crippen LogP contribution in [0.4, 0.5) is 0 Å². The lowest BCUT2D eigenvalue weighted by Gasteiger charge is -2.31. The molecular weight excluding hydrogens is 278 g/mol. The third-order valence-corrected chi connectivity index (χ3v) is 3.99. The molecule has 0 bridgehead atoms. The predicted octanol–water partition coefficient (Wildman–Crippen LogP) is 3.70. The van der Waals surface area contributed by atoms with Gasteiger partial charge >= 0.3 is 0 Å². The molecule has 1 heterocycles. The van der Waals surface area contributed by atoms with E-state index < -0.39 is 0 Å². The molecule has 0 amide bonds. The first-order valence-corrected chi connectivity index (χ1v) is 7.01. The summed E-state index contributed by atoms with van der Waals surface area (Å²) in [4.78, 5) is 2.52. The number of hydrogen-bond acceptors (Lipinski definition) is 2. The number of rotatable bonds is 4. The Hall–Kier alpha value is -0.540. The fourth-order valence-electron chi connectivity index (χ4n) is 2.41. The zero-order valence-electron chi connectivity index (χ0n) is 10.6. The van der Waals surface area contributed by atoms with Crippen molar-refractivity contribution in [1.29, 1.82) is 0 Å². The van der Waals surface area contributed by atoms with E-state index >= 15 is 0 Å². The van der Waals surface area contributed by atoms with Crippen molar-refractivity contribution < 1.29 is 4.74 Å². The molecule has 1 fully saturated rings. The fraction of sp³-hybridized carbons (Fsp3) is 0.571. The summed E-state index contributed by atoms with van der Waals surface area (Å²) in [5.74, 6) is 0.941. The van der Waals surface area contributed by atoms with Gasteiger partial charge in [-0.25, -0.2) is 0 Å². The molecule has 0 saturated carbocycles. The fourth-order valence-corrected chi connectivity index (χ4v) is 2.79. The molecule has 1 aromatic rings. The quantitative estimate of drug-likeness (QED) is 0.840. The lowest BCUT2D eigenvalue weighted by Crippen LogP contribution is -2.40. The maximum Gasteiger partial charge on any atom is 0.120 e. The van der Waals surface area contributed by atoms with E-state index in [1.165, 1.54) is 19.4 Å². The number of halogens is 1. The Morgan fingerprint density at radius 3 is 2.88 bits per heavy atom. The van der Waals surface area contributed by atoms with Gasteiger partial charge in [-0.15, -0.1) is 0 Å². The van der Waals surface area contributed by atoms with Gasteiger partial charge in [-0.3, -0.25) is 4.90 Å². The van der Waals surface area contributed by atoms with Gasteiger partial charge in [0.1, 0.15) is 12.4 Å². The number of likely N-dealkylation sites (tertiary alicyclic amines) is 1. The topological polar surface area (TPSA) is 12.5 Å². The third-order valence-electron chi connectivity index (χ3n) is 3.50. The Morgan fingerprint density at radius 1 is 1.41 bits per heavy atom. The molecule has 1 aliphatic rings. The molecule has 0 radical (unpaired) electrons. The lowest BCUT2D eigenvalue weighted by molar-refractivity contribution is 0.143. The molecular formula is C14H20BrNO. The minimum absolute atomic E-state index is 0.348. The van der Waals surface area contributed by atoms with Crippen LogP contribution in [0.3, 0.4) is 0 Å². The second-order valence-electron chi connectivity index (χ2n) is 5.21.